The van der Waals surface area contributed by atoms with Crippen LogP contribution in [0.5, 0.6) is 0 Å². The molecule has 0 saturated carbocycles. The number of imidazole rings is 1. The van der Waals surface area contributed by atoms with Crippen LogP contribution in [0.15, 0.2) is 48.9 Å². The lowest BCUT2D eigenvalue weighted by Gasteiger charge is -2.32. The number of aryl methyl sites for hydroxylation is 2. The molecule has 3 aromatic rings. The molecule has 6 heteroatoms. The molecule has 0 spiro atoms. The molecule has 1 atom stereocenters. The summed E-state index contributed by atoms with van der Waals surface area (Å²) in [6, 6.07) is 9.83. The van der Waals surface area contributed by atoms with Crippen molar-refractivity contribution in [2.45, 2.75) is 25.7 Å². The van der Waals surface area contributed by atoms with Crippen LogP contribution in [0.1, 0.15) is 40.8 Å². The van der Waals surface area contributed by atoms with Crippen LogP contribution in [-0.2, 0) is 7.05 Å². The van der Waals surface area contributed by atoms with E-state index in [0.717, 1.165) is 30.8 Å². The maximum absolute atomic E-state index is 13.3. The van der Waals surface area contributed by atoms with Gasteiger partial charge in [-0.3, -0.25) is 4.79 Å². The van der Waals surface area contributed by atoms with E-state index >= 15 is 0 Å². The van der Waals surface area contributed by atoms with Gasteiger partial charge in [0.05, 0.1) is 11.3 Å². The first-order valence-corrected chi connectivity index (χ1v) is 9.29. The Morgan fingerprint density at radius 2 is 2.00 bits per heavy atom. The van der Waals surface area contributed by atoms with Crippen molar-refractivity contribution >= 4 is 5.91 Å². The van der Waals surface area contributed by atoms with E-state index in [9.17, 15) is 4.79 Å². The van der Waals surface area contributed by atoms with Crippen molar-refractivity contribution in [1.82, 2.24) is 24.4 Å². The van der Waals surface area contributed by atoms with Crippen LogP contribution >= 0.6 is 0 Å². The molecule has 1 amide bonds. The van der Waals surface area contributed by atoms with E-state index < -0.39 is 0 Å². The van der Waals surface area contributed by atoms with Crippen molar-refractivity contribution in [2.75, 3.05) is 13.1 Å². The molecule has 1 aliphatic rings. The van der Waals surface area contributed by atoms with Gasteiger partial charge >= 0.3 is 0 Å². The van der Waals surface area contributed by atoms with E-state index in [2.05, 4.69) is 15.0 Å². The van der Waals surface area contributed by atoms with E-state index in [1.807, 2.05) is 66.2 Å². The minimum atomic E-state index is -0.00670. The Morgan fingerprint density at radius 1 is 1.19 bits per heavy atom. The average Bonchev–Trinajstić information content (AvgIpc) is 3.14. The quantitative estimate of drug-likeness (QED) is 0.719. The first-order valence-electron chi connectivity index (χ1n) is 9.29. The molecule has 1 fully saturated rings. The first kappa shape index (κ1) is 17.4. The fourth-order valence-electron chi connectivity index (χ4n) is 3.76. The van der Waals surface area contributed by atoms with Crippen LogP contribution in [0.3, 0.4) is 0 Å². The maximum atomic E-state index is 13.3. The molecule has 0 aliphatic carbocycles. The van der Waals surface area contributed by atoms with Crippen LogP contribution < -0.4 is 0 Å². The van der Waals surface area contributed by atoms with E-state index in [-0.39, 0.29) is 11.8 Å². The van der Waals surface area contributed by atoms with Gasteiger partial charge in [-0.2, -0.15) is 0 Å². The fourth-order valence-corrected chi connectivity index (χ4v) is 3.76. The number of hydrogen-bond donors (Lipinski definition) is 0. The Kier molecular flexibility index (Phi) is 4.71. The molecular formula is C21H23N5O. The molecule has 4 rings (SSSR count). The highest BCUT2D eigenvalue weighted by Gasteiger charge is 2.29. The zero-order valence-electron chi connectivity index (χ0n) is 15.7. The van der Waals surface area contributed by atoms with Gasteiger partial charge in [0, 0.05) is 50.2 Å². The van der Waals surface area contributed by atoms with Gasteiger partial charge in [0.1, 0.15) is 11.6 Å². The zero-order valence-corrected chi connectivity index (χ0v) is 15.7. The second-order valence-electron chi connectivity index (χ2n) is 7.03. The monoisotopic (exact) mass is 361 g/mol. The Balaban J connectivity index is 1.64. The van der Waals surface area contributed by atoms with Crippen molar-refractivity contribution in [1.29, 1.82) is 0 Å². The van der Waals surface area contributed by atoms with E-state index in [1.54, 1.807) is 6.20 Å². The summed E-state index contributed by atoms with van der Waals surface area (Å²) in [5, 5.41) is 0. The van der Waals surface area contributed by atoms with Crippen molar-refractivity contribution in [3.63, 3.8) is 0 Å². The van der Waals surface area contributed by atoms with E-state index in [1.165, 1.54) is 0 Å². The molecule has 27 heavy (non-hydrogen) atoms. The smallest absolute Gasteiger partial charge is 0.257 e. The number of benzene rings is 1. The van der Waals surface area contributed by atoms with Crippen LogP contribution in [0, 0.1) is 6.92 Å². The molecule has 0 N–H and O–H groups in total. The summed E-state index contributed by atoms with van der Waals surface area (Å²) >= 11 is 0. The SMILES string of the molecule is Cc1ncc(C(=O)N2CCC[C@@H](c3nccn3C)C2)c(-c2ccccc2)n1. The number of rotatable bonds is 3. The van der Waals surface area contributed by atoms with Gasteiger partial charge in [0.15, 0.2) is 0 Å². The maximum Gasteiger partial charge on any atom is 0.257 e. The average molecular weight is 361 g/mol. The Labute approximate surface area is 158 Å². The molecule has 2 aromatic heterocycles. The second-order valence-corrected chi connectivity index (χ2v) is 7.03. The predicted octanol–water partition coefficient (Wildman–Crippen LogP) is 3.21. The van der Waals surface area contributed by atoms with Crippen LogP contribution in [0.2, 0.25) is 0 Å². The molecule has 6 nitrogen and oxygen atoms in total. The summed E-state index contributed by atoms with van der Waals surface area (Å²) in [6.45, 7) is 3.27. The predicted molar refractivity (Wildman–Crippen MR) is 103 cm³/mol. The lowest BCUT2D eigenvalue weighted by molar-refractivity contribution is 0.0703. The third kappa shape index (κ3) is 3.47. The fraction of sp³-hybridized carbons (Fsp3) is 0.333. The molecule has 1 aromatic carbocycles. The number of amides is 1. The summed E-state index contributed by atoms with van der Waals surface area (Å²) in [6.07, 6.45) is 7.45. The normalized spacial score (nSPS) is 17.1. The van der Waals surface area contributed by atoms with Gasteiger partial charge in [0.25, 0.3) is 5.91 Å². The minimum Gasteiger partial charge on any atom is -0.338 e. The molecule has 0 unspecified atom stereocenters. The molecule has 1 aliphatic heterocycles. The first-order chi connectivity index (χ1) is 13.1. The van der Waals surface area contributed by atoms with Gasteiger partial charge in [-0.25, -0.2) is 15.0 Å². The van der Waals surface area contributed by atoms with Crippen LogP contribution in [0.4, 0.5) is 0 Å². The zero-order chi connectivity index (χ0) is 18.8. The van der Waals surface area contributed by atoms with Crippen LogP contribution in [0.25, 0.3) is 11.3 Å². The highest BCUT2D eigenvalue weighted by atomic mass is 16.2. The molecule has 3 heterocycles. The molecule has 1 saturated heterocycles. The third-order valence-corrected chi connectivity index (χ3v) is 5.12. The molecule has 0 bridgehead atoms. The van der Waals surface area contributed by atoms with Crippen molar-refractivity contribution in [2.24, 2.45) is 7.05 Å². The number of nitrogens with zero attached hydrogens (tertiary/aromatic N) is 5. The third-order valence-electron chi connectivity index (χ3n) is 5.12. The van der Waals surface area contributed by atoms with Crippen molar-refractivity contribution in [3.8, 4) is 11.3 Å². The summed E-state index contributed by atoms with van der Waals surface area (Å²) in [5.74, 6) is 1.95. The highest BCUT2D eigenvalue weighted by molar-refractivity contribution is 5.99. The largest absolute Gasteiger partial charge is 0.338 e. The standard InChI is InChI=1S/C21H23N5O/c1-15-23-13-18(19(24-15)16-7-4-3-5-8-16)21(27)26-11-6-9-17(14-26)20-22-10-12-25(20)2/h3-5,7-8,10,12-13,17H,6,9,11,14H2,1-2H3/t17-/m1/s1. The Hall–Kier alpha value is -3.02. The van der Waals surface area contributed by atoms with Gasteiger partial charge in [-0.15, -0.1) is 0 Å². The molecule has 0 radical (unpaired) electrons. The number of piperidine rings is 1. The summed E-state index contributed by atoms with van der Waals surface area (Å²) in [4.78, 5) is 28.6. The van der Waals surface area contributed by atoms with Gasteiger partial charge in [0.2, 0.25) is 0 Å². The summed E-state index contributed by atoms with van der Waals surface area (Å²) in [5.41, 5.74) is 2.20. The highest BCUT2D eigenvalue weighted by Crippen LogP contribution is 2.28. The minimum absolute atomic E-state index is 0.00670. The summed E-state index contributed by atoms with van der Waals surface area (Å²) < 4.78 is 2.04. The van der Waals surface area contributed by atoms with Crippen LogP contribution in [-0.4, -0.2) is 43.4 Å². The molecule has 138 valence electrons. The number of likely N-dealkylation sites (tertiary alicyclic amines) is 1. The van der Waals surface area contributed by atoms with E-state index in [0.29, 0.717) is 23.6 Å². The van der Waals surface area contributed by atoms with Gasteiger partial charge < -0.3 is 9.47 Å². The van der Waals surface area contributed by atoms with Crippen molar-refractivity contribution < 1.29 is 4.79 Å². The Bertz CT molecular complexity index is 950. The second kappa shape index (κ2) is 7.31. The Morgan fingerprint density at radius 3 is 2.74 bits per heavy atom. The number of aromatic nitrogens is 4. The molecular weight excluding hydrogens is 338 g/mol. The van der Waals surface area contributed by atoms with Gasteiger partial charge in [-0.1, -0.05) is 30.3 Å². The van der Waals surface area contributed by atoms with Crippen molar-refractivity contribution in [3.05, 3.63) is 66.1 Å². The topological polar surface area (TPSA) is 63.9 Å². The number of carbonyl (C=O) groups excluding carboxylic acids is 1. The summed E-state index contributed by atoms with van der Waals surface area (Å²) in [7, 11) is 2.00. The van der Waals surface area contributed by atoms with E-state index in [4.69, 9.17) is 0 Å². The lowest BCUT2D eigenvalue weighted by Crippen LogP contribution is -2.40. The lowest BCUT2D eigenvalue weighted by atomic mass is 9.96. The van der Waals surface area contributed by atoms with Gasteiger partial charge in [-0.05, 0) is 19.8 Å². The number of carbonyl (C=O) groups is 1. The number of hydrogen-bond acceptors (Lipinski definition) is 4.